The molecule has 0 saturated carbocycles. The molecule has 0 saturated heterocycles. The van der Waals surface area contributed by atoms with Crippen molar-refractivity contribution in [3.8, 4) is 17.2 Å². The molecule has 9 nitrogen and oxygen atoms in total. The highest BCUT2D eigenvalue weighted by Crippen LogP contribution is 2.28. The summed E-state index contributed by atoms with van der Waals surface area (Å²) in [7, 11) is 1.42. The summed E-state index contributed by atoms with van der Waals surface area (Å²) in [4.78, 5) is 36.6. The van der Waals surface area contributed by atoms with E-state index in [1.807, 2.05) is 39.8 Å². The van der Waals surface area contributed by atoms with Gasteiger partial charge in [-0.15, -0.1) is 0 Å². The van der Waals surface area contributed by atoms with Gasteiger partial charge in [0.25, 0.3) is 17.7 Å². The molecule has 0 radical (unpaired) electrons. The van der Waals surface area contributed by atoms with Gasteiger partial charge in [-0.05, 0) is 70.0 Å². The molecule has 2 aromatic carbocycles. The number of benzene rings is 2. The number of amides is 3. The number of hydrazine groups is 1. The molecule has 0 aromatic heterocycles. The summed E-state index contributed by atoms with van der Waals surface area (Å²) in [5.74, 6) is -0.136. The molecule has 0 aliphatic rings. The predicted octanol–water partition coefficient (Wildman–Crippen LogP) is 2.44. The molecule has 0 aliphatic carbocycles. The predicted molar refractivity (Wildman–Crippen MR) is 123 cm³/mol. The highest BCUT2D eigenvalue weighted by atomic mass is 16.5. The van der Waals surface area contributed by atoms with Crippen LogP contribution in [-0.4, -0.2) is 43.6 Å². The molecule has 1 atom stereocenters. The van der Waals surface area contributed by atoms with Gasteiger partial charge in [0, 0.05) is 11.6 Å². The summed E-state index contributed by atoms with van der Waals surface area (Å²) in [5.41, 5.74) is 6.94. The quantitative estimate of drug-likeness (QED) is 0.498. The van der Waals surface area contributed by atoms with Crippen molar-refractivity contribution >= 4 is 17.7 Å². The van der Waals surface area contributed by atoms with Gasteiger partial charge in [-0.3, -0.25) is 25.2 Å². The zero-order valence-electron chi connectivity index (χ0n) is 19.8. The van der Waals surface area contributed by atoms with Crippen molar-refractivity contribution < 1.29 is 28.6 Å². The van der Waals surface area contributed by atoms with Crippen LogP contribution in [0.3, 0.4) is 0 Å². The molecular formula is C24H31N3O6. The fraction of sp³-hybridized carbons (Fsp3) is 0.375. The van der Waals surface area contributed by atoms with E-state index in [1.54, 1.807) is 13.0 Å². The standard InChI is InChI=1S/C24H31N3O6/c1-14(2)25-22(28)13-32-20-11-10-18(12-21(20)31-6)24(30)27-26-23(29)17(5)33-19-9-7-8-15(3)16(19)4/h7-12,14,17H,13H2,1-6H3,(H,25,28)(H,26,29)(H,27,30). The molecule has 2 rings (SSSR count). The van der Waals surface area contributed by atoms with Crippen molar-refractivity contribution in [2.45, 2.75) is 46.8 Å². The molecular weight excluding hydrogens is 426 g/mol. The van der Waals surface area contributed by atoms with Crippen LogP contribution in [0.2, 0.25) is 0 Å². The largest absolute Gasteiger partial charge is 0.493 e. The van der Waals surface area contributed by atoms with Crippen molar-refractivity contribution in [3.63, 3.8) is 0 Å². The number of hydrogen-bond acceptors (Lipinski definition) is 6. The molecule has 0 spiro atoms. The van der Waals surface area contributed by atoms with Crippen LogP contribution in [0.4, 0.5) is 0 Å². The highest BCUT2D eigenvalue weighted by Gasteiger charge is 2.18. The maximum Gasteiger partial charge on any atom is 0.279 e. The van der Waals surface area contributed by atoms with Gasteiger partial charge in [0.05, 0.1) is 7.11 Å². The van der Waals surface area contributed by atoms with E-state index in [2.05, 4.69) is 16.2 Å². The van der Waals surface area contributed by atoms with Crippen LogP contribution in [0.1, 0.15) is 42.3 Å². The van der Waals surface area contributed by atoms with E-state index >= 15 is 0 Å². The first kappa shape index (κ1) is 25.5. The normalized spacial score (nSPS) is 11.4. The first-order valence-electron chi connectivity index (χ1n) is 10.6. The second-order valence-electron chi connectivity index (χ2n) is 7.78. The summed E-state index contributed by atoms with van der Waals surface area (Å²) in [6.07, 6.45) is -0.826. The zero-order chi connectivity index (χ0) is 24.5. The summed E-state index contributed by atoms with van der Waals surface area (Å²) in [5, 5.41) is 2.72. The third-order valence-electron chi connectivity index (χ3n) is 4.76. The Bertz CT molecular complexity index is 1010. The summed E-state index contributed by atoms with van der Waals surface area (Å²) >= 11 is 0. The maximum atomic E-state index is 12.5. The van der Waals surface area contributed by atoms with Crippen LogP contribution in [-0.2, 0) is 9.59 Å². The fourth-order valence-electron chi connectivity index (χ4n) is 2.82. The Balaban J connectivity index is 1.94. The lowest BCUT2D eigenvalue weighted by Gasteiger charge is -2.17. The number of carbonyl (C=O) groups is 3. The molecule has 3 amide bonds. The smallest absolute Gasteiger partial charge is 0.279 e. The van der Waals surface area contributed by atoms with Gasteiger partial charge >= 0.3 is 0 Å². The average molecular weight is 458 g/mol. The molecule has 2 aromatic rings. The Morgan fingerprint density at radius 3 is 2.33 bits per heavy atom. The van der Waals surface area contributed by atoms with Crippen molar-refractivity contribution in [2.24, 2.45) is 0 Å². The van der Waals surface area contributed by atoms with E-state index in [1.165, 1.54) is 25.3 Å². The molecule has 33 heavy (non-hydrogen) atoms. The van der Waals surface area contributed by atoms with Crippen LogP contribution < -0.4 is 30.4 Å². The average Bonchev–Trinajstić information content (AvgIpc) is 2.78. The van der Waals surface area contributed by atoms with Gasteiger partial charge in [0.15, 0.2) is 24.2 Å². The van der Waals surface area contributed by atoms with Crippen molar-refractivity contribution in [1.29, 1.82) is 0 Å². The van der Waals surface area contributed by atoms with Crippen molar-refractivity contribution in [1.82, 2.24) is 16.2 Å². The van der Waals surface area contributed by atoms with Gasteiger partial charge in [-0.1, -0.05) is 12.1 Å². The fourth-order valence-corrected chi connectivity index (χ4v) is 2.82. The maximum absolute atomic E-state index is 12.5. The highest BCUT2D eigenvalue weighted by molar-refractivity contribution is 5.96. The Morgan fingerprint density at radius 2 is 1.67 bits per heavy atom. The number of hydrogen-bond donors (Lipinski definition) is 3. The van der Waals surface area contributed by atoms with E-state index < -0.39 is 17.9 Å². The van der Waals surface area contributed by atoms with Crippen LogP contribution in [0.5, 0.6) is 17.2 Å². The summed E-state index contributed by atoms with van der Waals surface area (Å²) < 4.78 is 16.4. The van der Waals surface area contributed by atoms with Crippen LogP contribution >= 0.6 is 0 Å². The second-order valence-corrected chi connectivity index (χ2v) is 7.78. The molecule has 0 heterocycles. The molecule has 0 bridgehead atoms. The van der Waals surface area contributed by atoms with Gasteiger partial charge in [-0.2, -0.15) is 0 Å². The molecule has 3 N–H and O–H groups in total. The molecule has 0 fully saturated rings. The van der Waals surface area contributed by atoms with Crippen molar-refractivity contribution in [2.75, 3.05) is 13.7 Å². The summed E-state index contributed by atoms with van der Waals surface area (Å²) in [6, 6.07) is 10.1. The summed E-state index contributed by atoms with van der Waals surface area (Å²) in [6.45, 7) is 8.97. The SMILES string of the molecule is COc1cc(C(=O)NNC(=O)C(C)Oc2cccc(C)c2C)ccc1OCC(=O)NC(C)C. The number of aryl methyl sites for hydroxylation is 1. The first-order chi connectivity index (χ1) is 15.6. The van der Waals surface area contributed by atoms with E-state index in [0.29, 0.717) is 11.5 Å². The Hall–Kier alpha value is -3.75. The molecule has 9 heteroatoms. The van der Waals surface area contributed by atoms with Gasteiger partial charge in [-0.25, -0.2) is 0 Å². The zero-order valence-corrected chi connectivity index (χ0v) is 19.8. The lowest BCUT2D eigenvalue weighted by atomic mass is 10.1. The first-order valence-corrected chi connectivity index (χ1v) is 10.6. The van der Waals surface area contributed by atoms with Gasteiger partial charge < -0.3 is 19.5 Å². The third kappa shape index (κ3) is 7.41. The lowest BCUT2D eigenvalue weighted by Crippen LogP contribution is -2.47. The van der Waals surface area contributed by atoms with E-state index in [-0.39, 0.29) is 29.9 Å². The van der Waals surface area contributed by atoms with Crippen LogP contribution in [0, 0.1) is 13.8 Å². The third-order valence-corrected chi connectivity index (χ3v) is 4.76. The minimum Gasteiger partial charge on any atom is -0.493 e. The number of rotatable bonds is 9. The molecule has 1 unspecified atom stereocenters. The monoisotopic (exact) mass is 457 g/mol. The number of methoxy groups -OCH3 is 1. The Labute approximate surface area is 193 Å². The van der Waals surface area contributed by atoms with Gasteiger partial charge in [0.2, 0.25) is 0 Å². The van der Waals surface area contributed by atoms with Gasteiger partial charge in [0.1, 0.15) is 5.75 Å². The van der Waals surface area contributed by atoms with Crippen LogP contribution in [0.25, 0.3) is 0 Å². The van der Waals surface area contributed by atoms with Crippen molar-refractivity contribution in [3.05, 3.63) is 53.1 Å². The molecule has 178 valence electrons. The van der Waals surface area contributed by atoms with Crippen LogP contribution in [0.15, 0.2) is 36.4 Å². The van der Waals surface area contributed by atoms with E-state index in [0.717, 1.165) is 11.1 Å². The Morgan fingerprint density at radius 1 is 0.939 bits per heavy atom. The lowest BCUT2D eigenvalue weighted by molar-refractivity contribution is -0.128. The second kappa shape index (κ2) is 11.8. The number of nitrogens with one attached hydrogen (secondary N) is 3. The minimum absolute atomic E-state index is 0.00164. The number of ether oxygens (including phenoxy) is 3. The topological polar surface area (TPSA) is 115 Å². The molecule has 0 aliphatic heterocycles. The number of carbonyl (C=O) groups excluding carboxylic acids is 3. The van der Waals surface area contributed by atoms with E-state index in [4.69, 9.17) is 14.2 Å². The minimum atomic E-state index is -0.826. The van der Waals surface area contributed by atoms with E-state index in [9.17, 15) is 14.4 Å². The Kier molecular flexibility index (Phi) is 9.08.